The van der Waals surface area contributed by atoms with Crippen LogP contribution in [0, 0.1) is 6.92 Å². The first-order valence-corrected chi connectivity index (χ1v) is 5.55. The third kappa shape index (κ3) is 3.67. The molecule has 0 atom stereocenters. The number of aromatic nitrogens is 1. The zero-order valence-electron chi connectivity index (χ0n) is 9.82. The van der Waals surface area contributed by atoms with Gasteiger partial charge < -0.3 is 15.6 Å². The highest BCUT2D eigenvalue weighted by Crippen LogP contribution is 1.99. The first-order chi connectivity index (χ1) is 7.91. The highest BCUT2D eigenvalue weighted by atomic mass is 32.1. The molecule has 0 bridgehead atoms. The molecule has 0 fully saturated rings. The molecule has 0 aliphatic rings. The van der Waals surface area contributed by atoms with E-state index in [1.165, 1.54) is 17.2 Å². The van der Waals surface area contributed by atoms with Crippen LogP contribution in [0.25, 0.3) is 0 Å². The van der Waals surface area contributed by atoms with Crippen molar-refractivity contribution in [3.05, 3.63) is 33.7 Å². The summed E-state index contributed by atoms with van der Waals surface area (Å²) in [7, 11) is 1.61. The van der Waals surface area contributed by atoms with Crippen LogP contribution in [0.3, 0.4) is 0 Å². The number of hydrogen-bond donors (Lipinski definition) is 2. The van der Waals surface area contributed by atoms with Gasteiger partial charge in [0.1, 0.15) is 5.56 Å². The summed E-state index contributed by atoms with van der Waals surface area (Å²) in [5.74, 6) is -0.331. The summed E-state index contributed by atoms with van der Waals surface area (Å²) >= 11 is 4.73. The van der Waals surface area contributed by atoms with Crippen LogP contribution in [0.2, 0.25) is 0 Å². The molecule has 17 heavy (non-hydrogen) atoms. The van der Waals surface area contributed by atoms with Gasteiger partial charge in [-0.15, -0.1) is 0 Å². The van der Waals surface area contributed by atoms with E-state index in [9.17, 15) is 9.59 Å². The molecule has 92 valence electrons. The number of carbonyl (C=O) groups is 1. The van der Waals surface area contributed by atoms with Gasteiger partial charge in [0, 0.05) is 38.0 Å². The summed E-state index contributed by atoms with van der Waals surface area (Å²) in [5.41, 5.74) is 5.92. The van der Waals surface area contributed by atoms with E-state index in [-0.39, 0.29) is 16.9 Å². The van der Waals surface area contributed by atoms with Gasteiger partial charge >= 0.3 is 0 Å². The average Bonchev–Trinajstić information content (AvgIpc) is 2.25. The Morgan fingerprint density at radius 1 is 1.59 bits per heavy atom. The minimum atomic E-state index is -0.331. The van der Waals surface area contributed by atoms with Gasteiger partial charge in [-0.2, -0.15) is 0 Å². The molecular formula is C11H15N3O2S. The number of nitrogens with one attached hydrogen (secondary N) is 1. The van der Waals surface area contributed by atoms with E-state index in [2.05, 4.69) is 4.98 Å². The number of hydrogen-bond acceptors (Lipinski definition) is 3. The van der Waals surface area contributed by atoms with E-state index < -0.39 is 0 Å². The number of nitrogens with two attached hydrogens (primary N) is 1. The Kier molecular flexibility index (Phi) is 4.39. The fourth-order valence-electron chi connectivity index (χ4n) is 1.33. The van der Waals surface area contributed by atoms with Gasteiger partial charge in [-0.3, -0.25) is 9.59 Å². The smallest absolute Gasteiger partial charge is 0.259 e. The molecule has 1 rings (SSSR count). The second-order valence-corrected chi connectivity index (χ2v) is 4.36. The minimum absolute atomic E-state index is 0.126. The fraction of sp³-hybridized carbons (Fsp3) is 0.364. The van der Waals surface area contributed by atoms with Crippen molar-refractivity contribution in [2.75, 3.05) is 13.6 Å². The number of thiocarbonyl (C=S) groups is 1. The molecule has 5 nitrogen and oxygen atoms in total. The van der Waals surface area contributed by atoms with Gasteiger partial charge in [0.2, 0.25) is 0 Å². The largest absolute Gasteiger partial charge is 0.393 e. The second kappa shape index (κ2) is 5.58. The monoisotopic (exact) mass is 253 g/mol. The highest BCUT2D eigenvalue weighted by molar-refractivity contribution is 7.80. The highest BCUT2D eigenvalue weighted by Gasteiger charge is 2.14. The van der Waals surface area contributed by atoms with Crippen LogP contribution >= 0.6 is 12.2 Å². The quantitative estimate of drug-likeness (QED) is 0.763. The zero-order chi connectivity index (χ0) is 13.0. The second-order valence-electron chi connectivity index (χ2n) is 3.84. The number of aromatic amines is 1. The normalized spacial score (nSPS) is 10.0. The summed E-state index contributed by atoms with van der Waals surface area (Å²) < 4.78 is 0. The van der Waals surface area contributed by atoms with Crippen LogP contribution in [-0.4, -0.2) is 34.4 Å². The van der Waals surface area contributed by atoms with E-state index in [1.54, 1.807) is 14.0 Å². The van der Waals surface area contributed by atoms with Crippen LogP contribution in [0.1, 0.15) is 22.5 Å². The van der Waals surface area contributed by atoms with Gasteiger partial charge in [0.05, 0.1) is 4.99 Å². The lowest BCUT2D eigenvalue weighted by molar-refractivity contribution is 0.0797. The molecule has 0 radical (unpaired) electrons. The Hall–Kier alpha value is -1.69. The third-order valence-electron chi connectivity index (χ3n) is 2.33. The van der Waals surface area contributed by atoms with Crippen LogP contribution in [-0.2, 0) is 0 Å². The van der Waals surface area contributed by atoms with Crippen molar-refractivity contribution in [3.63, 3.8) is 0 Å². The minimum Gasteiger partial charge on any atom is -0.393 e. The summed E-state index contributed by atoms with van der Waals surface area (Å²) in [6.45, 7) is 2.16. The van der Waals surface area contributed by atoms with Gasteiger partial charge in [0.15, 0.2) is 5.43 Å². The van der Waals surface area contributed by atoms with Crippen molar-refractivity contribution in [1.29, 1.82) is 0 Å². The van der Waals surface area contributed by atoms with Crippen molar-refractivity contribution in [2.24, 2.45) is 5.73 Å². The Morgan fingerprint density at radius 2 is 2.24 bits per heavy atom. The lowest BCUT2D eigenvalue weighted by atomic mass is 10.2. The summed E-state index contributed by atoms with van der Waals surface area (Å²) in [5, 5.41) is 0. The molecule has 0 spiro atoms. The third-order valence-corrected chi connectivity index (χ3v) is 2.53. The molecule has 0 unspecified atom stereocenters. The molecule has 0 aromatic carbocycles. The fourth-order valence-corrected chi connectivity index (χ4v) is 1.42. The molecule has 0 aliphatic heterocycles. The van der Waals surface area contributed by atoms with E-state index in [1.807, 2.05) is 0 Å². The maximum atomic E-state index is 11.9. The van der Waals surface area contributed by atoms with E-state index >= 15 is 0 Å². The van der Waals surface area contributed by atoms with Gasteiger partial charge in [-0.25, -0.2) is 0 Å². The van der Waals surface area contributed by atoms with Crippen LogP contribution in [0.5, 0.6) is 0 Å². The number of nitrogens with zero attached hydrogens (tertiary/aromatic N) is 1. The van der Waals surface area contributed by atoms with Gasteiger partial charge in [0.25, 0.3) is 5.91 Å². The molecule has 1 aromatic heterocycles. The SMILES string of the molecule is Cc1cc(=O)c(C(=O)N(C)CCC(N)=S)c[nH]1. The van der Waals surface area contributed by atoms with E-state index in [0.717, 1.165) is 5.69 Å². The van der Waals surface area contributed by atoms with E-state index in [4.69, 9.17) is 18.0 Å². The predicted octanol–water partition coefficient (Wildman–Crippen LogP) is 0.432. The number of amides is 1. The van der Waals surface area contributed by atoms with Crippen LogP contribution < -0.4 is 11.2 Å². The summed E-state index contributed by atoms with van der Waals surface area (Å²) in [6.07, 6.45) is 1.87. The van der Waals surface area contributed by atoms with Crippen molar-refractivity contribution in [3.8, 4) is 0 Å². The average molecular weight is 253 g/mol. The van der Waals surface area contributed by atoms with Crippen molar-refractivity contribution < 1.29 is 4.79 Å². The molecule has 1 heterocycles. The number of carbonyl (C=O) groups excluding carboxylic acids is 1. The van der Waals surface area contributed by atoms with Gasteiger partial charge in [-0.05, 0) is 6.92 Å². The summed E-state index contributed by atoms with van der Waals surface area (Å²) in [6, 6.07) is 1.40. The van der Waals surface area contributed by atoms with Crippen molar-refractivity contribution >= 4 is 23.1 Å². The Labute approximate surface area is 105 Å². The zero-order valence-corrected chi connectivity index (χ0v) is 10.6. The molecule has 1 amide bonds. The molecule has 6 heteroatoms. The summed E-state index contributed by atoms with van der Waals surface area (Å²) in [4.78, 5) is 28.1. The number of aryl methyl sites for hydroxylation is 1. The topological polar surface area (TPSA) is 79.2 Å². The van der Waals surface area contributed by atoms with Gasteiger partial charge in [-0.1, -0.05) is 12.2 Å². The molecular weight excluding hydrogens is 238 g/mol. The van der Waals surface area contributed by atoms with E-state index in [0.29, 0.717) is 18.0 Å². The molecule has 3 N–H and O–H groups in total. The molecule has 0 aliphatic carbocycles. The maximum absolute atomic E-state index is 11.9. The molecule has 0 saturated carbocycles. The van der Waals surface area contributed by atoms with Crippen molar-refractivity contribution in [1.82, 2.24) is 9.88 Å². The number of rotatable bonds is 4. The lowest BCUT2D eigenvalue weighted by Crippen LogP contribution is -2.33. The van der Waals surface area contributed by atoms with Crippen LogP contribution in [0.4, 0.5) is 0 Å². The van der Waals surface area contributed by atoms with Crippen molar-refractivity contribution in [2.45, 2.75) is 13.3 Å². The number of H-pyrrole nitrogens is 1. The molecule has 0 saturated heterocycles. The Balaban J connectivity index is 2.82. The number of pyridine rings is 1. The standard InChI is InChI=1S/C11H15N3O2S/c1-7-5-9(15)8(6-13-7)11(16)14(2)4-3-10(12)17/h5-6H,3-4H2,1-2H3,(H2,12,17)(H,13,15). The Morgan fingerprint density at radius 3 is 2.76 bits per heavy atom. The predicted molar refractivity (Wildman–Crippen MR) is 70.2 cm³/mol. The maximum Gasteiger partial charge on any atom is 0.259 e. The lowest BCUT2D eigenvalue weighted by Gasteiger charge is -2.16. The molecule has 1 aromatic rings. The Bertz CT molecular complexity index is 496. The first-order valence-electron chi connectivity index (χ1n) is 5.15. The first kappa shape index (κ1) is 13.4. The van der Waals surface area contributed by atoms with Crippen LogP contribution in [0.15, 0.2) is 17.1 Å².